The predicted molar refractivity (Wildman–Crippen MR) is 61.4 cm³/mol. The van der Waals surface area contributed by atoms with Crippen LogP contribution >= 0.6 is 8.20 Å². The molecule has 0 fully saturated rings. The normalized spacial score (nSPS) is 19.6. The van der Waals surface area contributed by atoms with E-state index in [0.717, 1.165) is 0 Å². The lowest BCUT2D eigenvalue weighted by Gasteiger charge is -2.00. The number of hydrogen-bond acceptors (Lipinski definition) is 0. The van der Waals surface area contributed by atoms with Crippen molar-refractivity contribution in [1.82, 2.24) is 0 Å². The lowest BCUT2D eigenvalue weighted by Crippen LogP contribution is -1.81. The SMILES string of the molecule is CCCCCC1=C2C=CC=C2C=P1. The molecule has 0 radical (unpaired) electrons. The maximum atomic E-state index is 2.33. The highest BCUT2D eigenvalue weighted by Crippen LogP contribution is 2.37. The van der Waals surface area contributed by atoms with Crippen LogP contribution in [0.4, 0.5) is 0 Å². The molecule has 0 aromatic rings. The van der Waals surface area contributed by atoms with Gasteiger partial charge in [0.1, 0.15) is 0 Å². The van der Waals surface area contributed by atoms with Gasteiger partial charge in [-0.2, -0.15) is 0 Å². The first-order valence-electron chi connectivity index (χ1n) is 5.08. The highest BCUT2D eigenvalue weighted by atomic mass is 31.1. The summed E-state index contributed by atoms with van der Waals surface area (Å²) in [6.07, 6.45) is 12.0. The van der Waals surface area contributed by atoms with Gasteiger partial charge in [0.25, 0.3) is 0 Å². The molecule has 2 aliphatic rings. The van der Waals surface area contributed by atoms with Gasteiger partial charge in [0.2, 0.25) is 0 Å². The van der Waals surface area contributed by atoms with Crippen molar-refractivity contribution in [2.75, 3.05) is 0 Å². The van der Waals surface area contributed by atoms with Crippen molar-refractivity contribution < 1.29 is 0 Å². The van der Waals surface area contributed by atoms with Crippen LogP contribution in [0.5, 0.6) is 0 Å². The fourth-order valence-corrected chi connectivity index (χ4v) is 2.92. The summed E-state index contributed by atoms with van der Waals surface area (Å²) >= 11 is 0. The van der Waals surface area contributed by atoms with Crippen LogP contribution in [0, 0.1) is 0 Å². The molecule has 1 heterocycles. The smallest absolute Gasteiger partial charge is 0.0103 e. The number of hydrogen-bond donors (Lipinski definition) is 0. The lowest BCUT2D eigenvalue weighted by atomic mass is 10.1. The van der Waals surface area contributed by atoms with Crippen LogP contribution in [-0.2, 0) is 0 Å². The van der Waals surface area contributed by atoms with Crippen molar-refractivity contribution in [2.45, 2.75) is 32.6 Å². The molecule has 2 rings (SSSR count). The number of unbranched alkanes of at least 4 members (excludes halogenated alkanes) is 2. The van der Waals surface area contributed by atoms with Crippen LogP contribution < -0.4 is 0 Å². The Hall–Kier alpha value is -0.610. The first kappa shape index (κ1) is 8.97. The summed E-state index contributed by atoms with van der Waals surface area (Å²) in [6.45, 7) is 2.26. The third-order valence-electron chi connectivity index (χ3n) is 2.54. The third kappa shape index (κ3) is 1.84. The molecule has 0 atom stereocenters. The minimum atomic E-state index is 1.29. The van der Waals surface area contributed by atoms with Gasteiger partial charge >= 0.3 is 0 Å². The van der Waals surface area contributed by atoms with Crippen molar-refractivity contribution in [3.8, 4) is 0 Å². The van der Waals surface area contributed by atoms with Crippen LogP contribution in [0.15, 0.2) is 34.7 Å². The molecule has 0 aromatic heterocycles. The highest BCUT2D eigenvalue weighted by Gasteiger charge is 2.14. The minimum Gasteiger partial charge on any atom is -0.0716 e. The lowest BCUT2D eigenvalue weighted by molar-refractivity contribution is 0.724. The molecule has 0 saturated heterocycles. The van der Waals surface area contributed by atoms with E-state index in [2.05, 4.69) is 30.9 Å². The summed E-state index contributed by atoms with van der Waals surface area (Å²) in [7, 11) is 1.44. The van der Waals surface area contributed by atoms with E-state index in [0.29, 0.717) is 0 Å². The van der Waals surface area contributed by atoms with Gasteiger partial charge < -0.3 is 0 Å². The Morgan fingerprint density at radius 2 is 2.23 bits per heavy atom. The van der Waals surface area contributed by atoms with Gasteiger partial charge in [0.05, 0.1) is 0 Å². The molecule has 0 bridgehead atoms. The molecule has 0 saturated carbocycles. The molecule has 0 nitrogen and oxygen atoms in total. The van der Waals surface area contributed by atoms with Gasteiger partial charge in [-0.1, -0.05) is 46.2 Å². The molecule has 0 unspecified atom stereocenters. The minimum absolute atomic E-state index is 1.29. The second-order valence-corrected chi connectivity index (χ2v) is 4.61. The molecule has 1 aliphatic heterocycles. The average molecular weight is 190 g/mol. The summed E-state index contributed by atoms with van der Waals surface area (Å²) in [4.78, 5) is 0. The Labute approximate surface area is 81.8 Å². The highest BCUT2D eigenvalue weighted by molar-refractivity contribution is 7.44. The topological polar surface area (TPSA) is 0 Å². The van der Waals surface area contributed by atoms with E-state index in [-0.39, 0.29) is 0 Å². The molecular weight excluding hydrogens is 175 g/mol. The Morgan fingerprint density at radius 3 is 3.08 bits per heavy atom. The van der Waals surface area contributed by atoms with E-state index in [1.54, 1.807) is 5.31 Å². The zero-order valence-electron chi connectivity index (χ0n) is 8.09. The zero-order valence-corrected chi connectivity index (χ0v) is 8.98. The molecule has 0 spiro atoms. The average Bonchev–Trinajstić information content (AvgIpc) is 2.68. The van der Waals surface area contributed by atoms with Gasteiger partial charge in [0.15, 0.2) is 0 Å². The molecule has 1 aliphatic carbocycles. The summed E-state index contributed by atoms with van der Waals surface area (Å²) in [5.74, 6) is 2.33. The van der Waals surface area contributed by atoms with Crippen molar-refractivity contribution in [3.63, 3.8) is 0 Å². The zero-order chi connectivity index (χ0) is 9.10. The summed E-state index contributed by atoms with van der Waals surface area (Å²) in [5.41, 5.74) is 2.96. The van der Waals surface area contributed by atoms with Gasteiger partial charge in [0, 0.05) is 0 Å². The van der Waals surface area contributed by atoms with Crippen LogP contribution in [0.2, 0.25) is 0 Å². The molecular formula is C12H15P. The quantitative estimate of drug-likeness (QED) is 0.463. The second-order valence-electron chi connectivity index (χ2n) is 3.56. The van der Waals surface area contributed by atoms with Crippen LogP contribution in [0.1, 0.15) is 32.6 Å². The van der Waals surface area contributed by atoms with Crippen LogP contribution in [0.3, 0.4) is 0 Å². The molecule has 0 aromatic carbocycles. The molecule has 0 N–H and O–H groups in total. The van der Waals surface area contributed by atoms with E-state index in [9.17, 15) is 0 Å². The van der Waals surface area contributed by atoms with Crippen LogP contribution in [0.25, 0.3) is 0 Å². The Kier molecular flexibility index (Phi) is 2.80. The number of fused-ring (bicyclic) bond motifs is 1. The van der Waals surface area contributed by atoms with E-state index in [1.807, 2.05) is 0 Å². The predicted octanol–water partition coefficient (Wildman–Crippen LogP) is 4.08. The second kappa shape index (κ2) is 4.07. The summed E-state index contributed by atoms with van der Waals surface area (Å²) in [6, 6.07) is 0. The molecule has 0 amide bonds. The van der Waals surface area contributed by atoms with Gasteiger partial charge in [-0.3, -0.25) is 0 Å². The fourth-order valence-electron chi connectivity index (χ4n) is 1.77. The Balaban J connectivity index is 1.99. The number of allylic oxidation sites excluding steroid dienone is 6. The first-order valence-corrected chi connectivity index (χ1v) is 6.04. The fraction of sp³-hybridized carbons (Fsp3) is 0.417. The van der Waals surface area contributed by atoms with E-state index < -0.39 is 0 Å². The van der Waals surface area contributed by atoms with Crippen molar-refractivity contribution in [2.24, 2.45) is 0 Å². The molecule has 68 valence electrons. The van der Waals surface area contributed by atoms with Gasteiger partial charge in [-0.15, -0.1) is 0 Å². The Morgan fingerprint density at radius 1 is 1.31 bits per heavy atom. The molecule has 1 heteroatoms. The van der Waals surface area contributed by atoms with Gasteiger partial charge in [-0.05, 0) is 35.1 Å². The van der Waals surface area contributed by atoms with Gasteiger partial charge in [-0.25, -0.2) is 0 Å². The monoisotopic (exact) mass is 190 g/mol. The molecule has 13 heavy (non-hydrogen) atoms. The summed E-state index contributed by atoms with van der Waals surface area (Å²) < 4.78 is 0. The first-order chi connectivity index (χ1) is 6.42. The van der Waals surface area contributed by atoms with Crippen molar-refractivity contribution in [3.05, 3.63) is 34.7 Å². The Bertz CT molecular complexity index is 316. The van der Waals surface area contributed by atoms with Crippen molar-refractivity contribution >= 4 is 14.0 Å². The maximum Gasteiger partial charge on any atom is -0.0103 e. The maximum absolute atomic E-state index is 2.33. The van der Waals surface area contributed by atoms with Crippen LogP contribution in [-0.4, -0.2) is 5.80 Å². The largest absolute Gasteiger partial charge is 0.0716 e. The summed E-state index contributed by atoms with van der Waals surface area (Å²) in [5, 5.41) is 1.63. The van der Waals surface area contributed by atoms with E-state index in [1.165, 1.54) is 45.0 Å². The van der Waals surface area contributed by atoms with E-state index >= 15 is 0 Å². The van der Waals surface area contributed by atoms with E-state index in [4.69, 9.17) is 0 Å². The van der Waals surface area contributed by atoms with Crippen molar-refractivity contribution in [1.29, 1.82) is 0 Å². The number of rotatable bonds is 4. The third-order valence-corrected chi connectivity index (χ3v) is 3.72. The standard InChI is InChI=1S/C12H15P/c1-2-3-4-8-12-11-7-5-6-10(11)9-13-12/h5-7,9H,2-4,8H2,1H3.